The second-order valence-electron chi connectivity index (χ2n) is 3.52. The summed E-state index contributed by atoms with van der Waals surface area (Å²) in [5.41, 5.74) is 9.50. The molecular formula is C11H16BrNO. The number of halogens is 1. The first-order chi connectivity index (χ1) is 6.57. The molecule has 3 heteroatoms. The highest BCUT2D eigenvalue weighted by Gasteiger charge is 2.12. The maximum atomic E-state index is 8.86. The van der Waals surface area contributed by atoms with Gasteiger partial charge in [0.2, 0.25) is 0 Å². The minimum absolute atomic E-state index is 0.0718. The van der Waals surface area contributed by atoms with E-state index < -0.39 is 0 Å². The molecule has 0 saturated carbocycles. The molecule has 0 heterocycles. The average molecular weight is 258 g/mol. The van der Waals surface area contributed by atoms with Crippen molar-refractivity contribution in [1.29, 1.82) is 0 Å². The third-order valence-electron chi connectivity index (χ3n) is 2.48. The molecule has 1 aromatic carbocycles. The van der Waals surface area contributed by atoms with Crippen LogP contribution in [0.1, 0.15) is 29.2 Å². The van der Waals surface area contributed by atoms with Crippen molar-refractivity contribution in [2.24, 2.45) is 5.73 Å². The Hall–Kier alpha value is -0.380. The standard InChI is InChI=1S/C11H16BrNO/c1-7-3-4-9(12)8(2)11(7)10(13)5-6-14/h3-4,10,14H,5-6,13H2,1-2H3. The highest BCUT2D eigenvalue weighted by molar-refractivity contribution is 9.10. The zero-order chi connectivity index (χ0) is 10.7. The second kappa shape index (κ2) is 4.91. The zero-order valence-corrected chi connectivity index (χ0v) is 10.1. The number of benzene rings is 1. The minimum atomic E-state index is -0.0718. The maximum absolute atomic E-state index is 8.86. The number of aryl methyl sites for hydroxylation is 1. The summed E-state index contributed by atoms with van der Waals surface area (Å²) >= 11 is 3.48. The molecule has 0 fully saturated rings. The van der Waals surface area contributed by atoms with Crippen molar-refractivity contribution in [2.45, 2.75) is 26.3 Å². The molecule has 1 atom stereocenters. The van der Waals surface area contributed by atoms with Crippen molar-refractivity contribution in [3.63, 3.8) is 0 Å². The van der Waals surface area contributed by atoms with E-state index in [-0.39, 0.29) is 12.6 Å². The van der Waals surface area contributed by atoms with Gasteiger partial charge in [-0.1, -0.05) is 22.0 Å². The van der Waals surface area contributed by atoms with Gasteiger partial charge >= 0.3 is 0 Å². The zero-order valence-electron chi connectivity index (χ0n) is 8.55. The van der Waals surface area contributed by atoms with Crippen molar-refractivity contribution >= 4 is 15.9 Å². The quantitative estimate of drug-likeness (QED) is 0.874. The predicted octanol–water partition coefficient (Wildman–Crippen LogP) is 2.45. The Balaban J connectivity index is 3.11. The van der Waals surface area contributed by atoms with Crippen LogP contribution in [0, 0.1) is 13.8 Å². The molecule has 2 nitrogen and oxygen atoms in total. The van der Waals surface area contributed by atoms with Gasteiger partial charge in [-0.3, -0.25) is 0 Å². The number of nitrogens with two attached hydrogens (primary N) is 1. The Bertz CT molecular complexity index is 325. The first-order valence-electron chi connectivity index (χ1n) is 4.70. The van der Waals surface area contributed by atoms with Gasteiger partial charge in [0.25, 0.3) is 0 Å². The van der Waals surface area contributed by atoms with Gasteiger partial charge < -0.3 is 10.8 Å². The number of aliphatic hydroxyl groups is 1. The second-order valence-corrected chi connectivity index (χ2v) is 4.38. The lowest BCUT2D eigenvalue weighted by molar-refractivity contribution is 0.276. The van der Waals surface area contributed by atoms with Gasteiger partial charge in [0.15, 0.2) is 0 Å². The Kier molecular flexibility index (Phi) is 4.11. The molecule has 0 spiro atoms. The van der Waals surface area contributed by atoms with Crippen LogP contribution in [0.3, 0.4) is 0 Å². The van der Waals surface area contributed by atoms with Crippen molar-refractivity contribution in [3.05, 3.63) is 33.3 Å². The molecule has 0 aliphatic heterocycles. The first-order valence-corrected chi connectivity index (χ1v) is 5.49. The molecule has 3 N–H and O–H groups in total. The van der Waals surface area contributed by atoms with Crippen LogP contribution in [-0.4, -0.2) is 11.7 Å². The normalized spacial score (nSPS) is 12.9. The van der Waals surface area contributed by atoms with Gasteiger partial charge in [-0.2, -0.15) is 0 Å². The van der Waals surface area contributed by atoms with Gasteiger partial charge in [-0.15, -0.1) is 0 Å². The van der Waals surface area contributed by atoms with E-state index in [0.29, 0.717) is 6.42 Å². The highest BCUT2D eigenvalue weighted by atomic mass is 79.9. The molecule has 1 aromatic rings. The molecular weight excluding hydrogens is 242 g/mol. The summed E-state index contributed by atoms with van der Waals surface area (Å²) in [5.74, 6) is 0. The third kappa shape index (κ3) is 2.35. The van der Waals surface area contributed by atoms with E-state index in [1.54, 1.807) is 0 Å². The van der Waals surface area contributed by atoms with Gasteiger partial charge in [0.05, 0.1) is 0 Å². The van der Waals surface area contributed by atoms with Crippen LogP contribution in [0.2, 0.25) is 0 Å². The highest BCUT2D eigenvalue weighted by Crippen LogP contribution is 2.28. The number of aliphatic hydroxyl groups excluding tert-OH is 1. The number of hydrogen-bond acceptors (Lipinski definition) is 2. The van der Waals surface area contributed by atoms with Gasteiger partial charge in [0, 0.05) is 17.1 Å². The average Bonchev–Trinajstić information content (AvgIpc) is 2.13. The maximum Gasteiger partial charge on any atom is 0.0449 e. The fourth-order valence-electron chi connectivity index (χ4n) is 1.69. The summed E-state index contributed by atoms with van der Waals surface area (Å²) in [6, 6.07) is 4.00. The summed E-state index contributed by atoms with van der Waals surface area (Å²) in [7, 11) is 0. The fraction of sp³-hybridized carbons (Fsp3) is 0.455. The molecule has 0 saturated heterocycles. The van der Waals surface area contributed by atoms with Crippen LogP contribution < -0.4 is 5.73 Å². The monoisotopic (exact) mass is 257 g/mol. The lowest BCUT2D eigenvalue weighted by atomic mass is 9.95. The lowest BCUT2D eigenvalue weighted by Gasteiger charge is -2.17. The molecule has 1 rings (SSSR count). The minimum Gasteiger partial charge on any atom is -0.396 e. The van der Waals surface area contributed by atoms with E-state index in [0.717, 1.165) is 10.0 Å². The van der Waals surface area contributed by atoms with E-state index in [9.17, 15) is 0 Å². The SMILES string of the molecule is Cc1ccc(Br)c(C)c1C(N)CCO. The van der Waals surface area contributed by atoms with Crippen molar-refractivity contribution in [3.8, 4) is 0 Å². The topological polar surface area (TPSA) is 46.2 Å². The van der Waals surface area contributed by atoms with Crippen LogP contribution in [0.4, 0.5) is 0 Å². The van der Waals surface area contributed by atoms with Crippen LogP contribution in [0.5, 0.6) is 0 Å². The van der Waals surface area contributed by atoms with Crippen molar-refractivity contribution < 1.29 is 5.11 Å². The van der Waals surface area contributed by atoms with E-state index in [1.807, 2.05) is 26.0 Å². The number of rotatable bonds is 3. The molecule has 14 heavy (non-hydrogen) atoms. The summed E-state index contributed by atoms with van der Waals surface area (Å²) in [4.78, 5) is 0. The molecule has 0 radical (unpaired) electrons. The lowest BCUT2D eigenvalue weighted by Crippen LogP contribution is -2.15. The largest absolute Gasteiger partial charge is 0.396 e. The molecule has 1 unspecified atom stereocenters. The Morgan fingerprint density at radius 3 is 2.64 bits per heavy atom. The third-order valence-corrected chi connectivity index (χ3v) is 3.34. The van der Waals surface area contributed by atoms with Crippen molar-refractivity contribution in [2.75, 3.05) is 6.61 Å². The smallest absolute Gasteiger partial charge is 0.0449 e. The van der Waals surface area contributed by atoms with Crippen LogP contribution >= 0.6 is 15.9 Å². The summed E-state index contributed by atoms with van der Waals surface area (Å²) < 4.78 is 1.08. The summed E-state index contributed by atoms with van der Waals surface area (Å²) in [6.07, 6.45) is 0.609. The Morgan fingerprint density at radius 1 is 1.43 bits per heavy atom. The molecule has 0 aromatic heterocycles. The van der Waals surface area contributed by atoms with E-state index in [1.165, 1.54) is 11.1 Å². The van der Waals surface area contributed by atoms with Gasteiger partial charge in [0.1, 0.15) is 0 Å². The molecule has 0 aliphatic carbocycles. The fourth-order valence-corrected chi connectivity index (χ4v) is 2.04. The van der Waals surface area contributed by atoms with Crippen molar-refractivity contribution in [1.82, 2.24) is 0 Å². The predicted molar refractivity (Wildman–Crippen MR) is 62.2 cm³/mol. The van der Waals surface area contributed by atoms with E-state index in [4.69, 9.17) is 10.8 Å². The number of hydrogen-bond donors (Lipinski definition) is 2. The summed E-state index contributed by atoms with van der Waals surface area (Å²) in [5, 5.41) is 8.86. The van der Waals surface area contributed by atoms with Crippen LogP contribution in [0.25, 0.3) is 0 Å². The molecule has 0 aliphatic rings. The van der Waals surface area contributed by atoms with Crippen LogP contribution in [0.15, 0.2) is 16.6 Å². The molecule has 0 bridgehead atoms. The summed E-state index contributed by atoms with van der Waals surface area (Å²) in [6.45, 7) is 4.22. The van der Waals surface area contributed by atoms with Crippen LogP contribution in [-0.2, 0) is 0 Å². The van der Waals surface area contributed by atoms with E-state index >= 15 is 0 Å². The molecule has 0 amide bonds. The van der Waals surface area contributed by atoms with Gasteiger partial charge in [-0.05, 0) is 43.0 Å². The Morgan fingerprint density at radius 2 is 2.07 bits per heavy atom. The van der Waals surface area contributed by atoms with Gasteiger partial charge in [-0.25, -0.2) is 0 Å². The Labute approximate surface area is 93.3 Å². The van der Waals surface area contributed by atoms with E-state index in [2.05, 4.69) is 15.9 Å². The molecule has 78 valence electrons. The first kappa shape index (κ1) is 11.7.